The Kier molecular flexibility index (Phi) is 6.07. The molecule has 2 aromatic rings. The van der Waals surface area contributed by atoms with Crippen molar-refractivity contribution >= 4 is 22.9 Å². The molecule has 0 atom stereocenters. The lowest BCUT2D eigenvalue weighted by atomic mass is 9.89. The third-order valence-corrected chi connectivity index (χ3v) is 7.53. The van der Waals surface area contributed by atoms with E-state index in [-0.39, 0.29) is 0 Å². The molecule has 0 unspecified atom stereocenters. The van der Waals surface area contributed by atoms with Crippen molar-refractivity contribution in [2.24, 2.45) is 11.7 Å². The third-order valence-electron chi connectivity index (χ3n) is 7.53. The molecule has 164 valence electrons. The lowest BCUT2D eigenvalue weighted by molar-refractivity contribution is 0.373. The maximum absolute atomic E-state index is 6.09. The van der Waals surface area contributed by atoms with E-state index in [1.165, 1.54) is 57.8 Å². The first kappa shape index (κ1) is 20.0. The first-order valence-electron chi connectivity index (χ1n) is 12.3. The predicted molar refractivity (Wildman–Crippen MR) is 122 cm³/mol. The Bertz CT molecular complexity index is 827. The number of nitrogens with two attached hydrogens (primary N) is 1. The van der Waals surface area contributed by atoms with E-state index in [0.29, 0.717) is 18.1 Å². The largest absolute Gasteiger partial charge is 0.368 e. The zero-order valence-electron chi connectivity index (χ0n) is 18.2. The summed E-state index contributed by atoms with van der Waals surface area (Å²) in [6, 6.07) is 1.29. The summed E-state index contributed by atoms with van der Waals surface area (Å²) in [5.74, 6) is 2.39. The summed E-state index contributed by atoms with van der Waals surface area (Å²) in [7, 11) is 0. The van der Waals surface area contributed by atoms with Crippen LogP contribution in [-0.4, -0.2) is 38.1 Å². The molecule has 2 heterocycles. The zero-order chi connectivity index (χ0) is 20.3. The topological polar surface area (TPSA) is 93.7 Å². The minimum Gasteiger partial charge on any atom is -0.368 e. The van der Waals surface area contributed by atoms with Gasteiger partial charge in [0.2, 0.25) is 5.95 Å². The maximum atomic E-state index is 6.09. The molecule has 0 amide bonds. The summed E-state index contributed by atoms with van der Waals surface area (Å²) in [5, 5.41) is 7.28. The standard InChI is InChI=1S/C23H37N7/c24-17-10-12-18(13-11-17)27-23-28-21(25-14-16-6-2-1-3-7-16)20-22(29-23)30(15-26-20)19-8-4-5-9-19/h15-19H,1-14,24H2,(H2,25,27,28,29). The Morgan fingerprint density at radius 1 is 0.900 bits per heavy atom. The number of nitrogens with zero attached hydrogens (tertiary/aromatic N) is 4. The van der Waals surface area contributed by atoms with Crippen molar-refractivity contribution in [1.82, 2.24) is 19.5 Å². The fourth-order valence-electron chi connectivity index (χ4n) is 5.63. The molecule has 7 nitrogen and oxygen atoms in total. The molecular weight excluding hydrogens is 374 g/mol. The highest BCUT2D eigenvalue weighted by molar-refractivity contribution is 5.84. The van der Waals surface area contributed by atoms with E-state index in [0.717, 1.165) is 61.1 Å². The van der Waals surface area contributed by atoms with Crippen LogP contribution < -0.4 is 16.4 Å². The molecular formula is C23H37N7. The van der Waals surface area contributed by atoms with Crippen molar-refractivity contribution in [2.75, 3.05) is 17.2 Å². The summed E-state index contributed by atoms with van der Waals surface area (Å²) >= 11 is 0. The van der Waals surface area contributed by atoms with E-state index in [9.17, 15) is 0 Å². The van der Waals surface area contributed by atoms with Crippen molar-refractivity contribution in [2.45, 2.75) is 102 Å². The molecule has 3 aliphatic rings. The normalized spacial score (nSPS) is 26.3. The maximum Gasteiger partial charge on any atom is 0.227 e. The molecule has 0 aliphatic heterocycles. The van der Waals surface area contributed by atoms with Gasteiger partial charge in [0.1, 0.15) is 0 Å². The average molecular weight is 412 g/mol. The van der Waals surface area contributed by atoms with Gasteiger partial charge in [-0.25, -0.2) is 4.98 Å². The van der Waals surface area contributed by atoms with Crippen LogP contribution in [0.1, 0.15) is 89.5 Å². The highest BCUT2D eigenvalue weighted by atomic mass is 15.2. The van der Waals surface area contributed by atoms with Crippen LogP contribution in [-0.2, 0) is 0 Å². The average Bonchev–Trinajstić information content (AvgIpc) is 3.44. The molecule has 3 fully saturated rings. The van der Waals surface area contributed by atoms with Crippen LogP contribution in [0.15, 0.2) is 6.33 Å². The number of hydrogen-bond acceptors (Lipinski definition) is 6. The van der Waals surface area contributed by atoms with Gasteiger partial charge in [-0.05, 0) is 57.3 Å². The molecule has 3 saturated carbocycles. The molecule has 30 heavy (non-hydrogen) atoms. The number of fused-ring (bicyclic) bond motifs is 1. The van der Waals surface area contributed by atoms with Crippen LogP contribution in [0.25, 0.3) is 11.2 Å². The Morgan fingerprint density at radius 2 is 1.63 bits per heavy atom. The van der Waals surface area contributed by atoms with Crippen molar-refractivity contribution in [1.29, 1.82) is 0 Å². The van der Waals surface area contributed by atoms with Gasteiger partial charge in [-0.15, -0.1) is 0 Å². The molecule has 0 bridgehead atoms. The fourth-order valence-corrected chi connectivity index (χ4v) is 5.63. The van der Waals surface area contributed by atoms with Gasteiger partial charge in [0.25, 0.3) is 0 Å². The van der Waals surface area contributed by atoms with Crippen molar-refractivity contribution in [3.05, 3.63) is 6.33 Å². The second-order valence-electron chi connectivity index (χ2n) is 9.80. The van der Waals surface area contributed by atoms with Crippen LogP contribution in [0.4, 0.5) is 11.8 Å². The highest BCUT2D eigenvalue weighted by Crippen LogP contribution is 2.33. The van der Waals surface area contributed by atoms with Gasteiger partial charge >= 0.3 is 0 Å². The first-order chi connectivity index (χ1) is 14.8. The molecule has 5 rings (SSSR count). The molecule has 0 saturated heterocycles. The lowest BCUT2D eigenvalue weighted by Gasteiger charge is -2.27. The van der Waals surface area contributed by atoms with Crippen LogP contribution in [0, 0.1) is 5.92 Å². The van der Waals surface area contributed by atoms with Crippen molar-refractivity contribution < 1.29 is 0 Å². The summed E-state index contributed by atoms with van der Waals surface area (Å²) in [4.78, 5) is 14.6. The number of rotatable bonds is 6. The molecule has 3 aliphatic carbocycles. The second-order valence-corrected chi connectivity index (χ2v) is 9.80. The Labute approximate surface area is 179 Å². The van der Waals surface area contributed by atoms with Gasteiger partial charge in [-0.2, -0.15) is 9.97 Å². The Hall–Kier alpha value is -1.89. The van der Waals surface area contributed by atoms with Gasteiger partial charge in [0.05, 0.1) is 6.33 Å². The molecule has 0 aromatic carbocycles. The lowest BCUT2D eigenvalue weighted by Crippen LogP contribution is -2.33. The minimum atomic E-state index is 0.350. The highest BCUT2D eigenvalue weighted by Gasteiger charge is 2.24. The minimum absolute atomic E-state index is 0.350. The number of anilines is 2. The zero-order valence-corrected chi connectivity index (χ0v) is 18.2. The monoisotopic (exact) mass is 411 g/mol. The second kappa shape index (κ2) is 9.08. The van der Waals surface area contributed by atoms with Gasteiger partial charge in [0.15, 0.2) is 17.0 Å². The fraction of sp³-hybridized carbons (Fsp3) is 0.783. The Balaban J connectivity index is 1.40. The summed E-state index contributed by atoms with van der Waals surface area (Å²) in [5.41, 5.74) is 8.00. The SMILES string of the molecule is NC1CCC(Nc2nc(NCC3CCCCC3)c3ncn(C4CCCC4)c3n2)CC1. The van der Waals surface area contributed by atoms with E-state index in [1.807, 2.05) is 6.33 Å². The number of hydrogen-bond donors (Lipinski definition) is 3. The summed E-state index contributed by atoms with van der Waals surface area (Å²) in [6.45, 7) is 0.986. The van der Waals surface area contributed by atoms with E-state index >= 15 is 0 Å². The van der Waals surface area contributed by atoms with Crippen LogP contribution >= 0.6 is 0 Å². The third kappa shape index (κ3) is 4.41. The quantitative estimate of drug-likeness (QED) is 0.642. The molecule has 0 spiro atoms. The predicted octanol–water partition coefficient (Wildman–Crippen LogP) is 4.62. The van der Waals surface area contributed by atoms with Gasteiger partial charge < -0.3 is 20.9 Å². The van der Waals surface area contributed by atoms with Gasteiger partial charge in [-0.1, -0.05) is 32.1 Å². The van der Waals surface area contributed by atoms with E-state index in [1.54, 1.807) is 0 Å². The van der Waals surface area contributed by atoms with Crippen molar-refractivity contribution in [3.63, 3.8) is 0 Å². The van der Waals surface area contributed by atoms with Crippen LogP contribution in [0.3, 0.4) is 0 Å². The summed E-state index contributed by atoms with van der Waals surface area (Å²) < 4.78 is 2.30. The first-order valence-corrected chi connectivity index (χ1v) is 12.3. The number of nitrogens with one attached hydrogen (secondary N) is 2. The smallest absolute Gasteiger partial charge is 0.227 e. The molecule has 7 heteroatoms. The molecule has 4 N–H and O–H groups in total. The molecule has 2 aromatic heterocycles. The van der Waals surface area contributed by atoms with Gasteiger partial charge in [0, 0.05) is 24.7 Å². The molecule has 0 radical (unpaired) electrons. The van der Waals surface area contributed by atoms with E-state index in [2.05, 4.69) is 15.2 Å². The van der Waals surface area contributed by atoms with Crippen LogP contribution in [0.2, 0.25) is 0 Å². The van der Waals surface area contributed by atoms with Gasteiger partial charge in [-0.3, -0.25) is 0 Å². The van der Waals surface area contributed by atoms with Crippen LogP contribution in [0.5, 0.6) is 0 Å². The van der Waals surface area contributed by atoms with Crippen molar-refractivity contribution in [3.8, 4) is 0 Å². The Morgan fingerprint density at radius 3 is 2.40 bits per heavy atom. The number of aromatic nitrogens is 4. The summed E-state index contributed by atoms with van der Waals surface area (Å²) in [6.07, 6.45) is 18.1. The van der Waals surface area contributed by atoms with E-state index < -0.39 is 0 Å². The number of imidazole rings is 1. The van der Waals surface area contributed by atoms with E-state index in [4.69, 9.17) is 20.7 Å².